The molecule has 5 nitrogen and oxygen atoms in total. The van der Waals surface area contributed by atoms with Crippen molar-refractivity contribution in [3.8, 4) is 16.9 Å². The van der Waals surface area contributed by atoms with Gasteiger partial charge in [-0.1, -0.05) is 79.7 Å². The molecule has 0 aliphatic carbocycles. The van der Waals surface area contributed by atoms with Gasteiger partial charge < -0.3 is 15.4 Å². The highest BCUT2D eigenvalue weighted by Gasteiger charge is 2.14. The van der Waals surface area contributed by atoms with Crippen molar-refractivity contribution in [2.75, 3.05) is 17.2 Å². The van der Waals surface area contributed by atoms with Crippen LogP contribution in [0.2, 0.25) is 0 Å². The van der Waals surface area contributed by atoms with Gasteiger partial charge in [0.1, 0.15) is 5.75 Å². The average molecular weight is 451 g/mol. The van der Waals surface area contributed by atoms with Crippen LogP contribution in [0.4, 0.5) is 11.4 Å². The third-order valence-electron chi connectivity index (χ3n) is 5.41. The summed E-state index contributed by atoms with van der Waals surface area (Å²) in [7, 11) is 0. The molecule has 170 valence electrons. The van der Waals surface area contributed by atoms with E-state index in [4.69, 9.17) is 4.74 Å². The van der Waals surface area contributed by atoms with Gasteiger partial charge in [-0.2, -0.15) is 0 Å². The highest BCUT2D eigenvalue weighted by Crippen LogP contribution is 2.23. The number of hydrogen-bond acceptors (Lipinski definition) is 3. The highest BCUT2D eigenvalue weighted by molar-refractivity contribution is 6.06. The topological polar surface area (TPSA) is 67.4 Å². The first kappa shape index (κ1) is 22.8. The Labute approximate surface area is 199 Å². The van der Waals surface area contributed by atoms with Crippen molar-refractivity contribution in [2.45, 2.75) is 13.3 Å². The van der Waals surface area contributed by atoms with Crippen LogP contribution >= 0.6 is 0 Å². The van der Waals surface area contributed by atoms with Gasteiger partial charge in [-0.15, -0.1) is 0 Å². The summed E-state index contributed by atoms with van der Waals surface area (Å²) in [4.78, 5) is 25.4. The summed E-state index contributed by atoms with van der Waals surface area (Å²) in [6.45, 7) is 1.83. The molecule has 0 atom stereocenters. The standard InChI is InChI=1S/C29H26N2O3/c1-2-21-10-6-8-14-26(21)31-28(32)20-34-27-15-9-7-13-25(27)29(33)30-24-18-16-23(17-19-24)22-11-4-3-5-12-22/h3-19H,2,20H2,1H3,(H,30,33)(H,31,32). The Kier molecular flexibility index (Phi) is 7.35. The van der Waals surface area contributed by atoms with Crippen molar-refractivity contribution in [3.63, 3.8) is 0 Å². The number of rotatable bonds is 8. The summed E-state index contributed by atoms with van der Waals surface area (Å²) in [5.41, 5.74) is 5.03. The van der Waals surface area contributed by atoms with E-state index in [1.165, 1.54) is 0 Å². The van der Waals surface area contributed by atoms with E-state index >= 15 is 0 Å². The Balaban J connectivity index is 1.39. The molecule has 4 aromatic carbocycles. The number of carbonyl (C=O) groups is 2. The lowest BCUT2D eigenvalue weighted by Crippen LogP contribution is -2.22. The minimum absolute atomic E-state index is 0.200. The lowest BCUT2D eigenvalue weighted by molar-refractivity contribution is -0.118. The molecule has 0 saturated heterocycles. The number of amides is 2. The molecule has 0 aromatic heterocycles. The number of para-hydroxylation sites is 2. The van der Waals surface area contributed by atoms with Gasteiger partial charge in [0.25, 0.3) is 11.8 Å². The van der Waals surface area contributed by atoms with E-state index in [1.807, 2.05) is 85.8 Å². The van der Waals surface area contributed by atoms with Gasteiger partial charge >= 0.3 is 0 Å². The number of benzene rings is 4. The third kappa shape index (κ3) is 5.70. The SMILES string of the molecule is CCc1ccccc1NC(=O)COc1ccccc1C(=O)Nc1ccc(-c2ccccc2)cc1. The minimum Gasteiger partial charge on any atom is -0.483 e. The molecule has 0 bridgehead atoms. The zero-order valence-corrected chi connectivity index (χ0v) is 19.0. The van der Waals surface area contributed by atoms with Crippen LogP contribution in [-0.2, 0) is 11.2 Å². The minimum atomic E-state index is -0.306. The molecule has 4 rings (SSSR count). The molecule has 0 unspecified atom stereocenters. The van der Waals surface area contributed by atoms with Crippen molar-refractivity contribution in [3.05, 3.63) is 114 Å². The summed E-state index contributed by atoms with van der Waals surface area (Å²) >= 11 is 0. The van der Waals surface area contributed by atoms with Crippen molar-refractivity contribution >= 4 is 23.2 Å². The largest absolute Gasteiger partial charge is 0.483 e. The summed E-state index contributed by atoms with van der Waals surface area (Å²) in [5, 5.41) is 5.77. The van der Waals surface area contributed by atoms with E-state index in [-0.39, 0.29) is 18.4 Å². The maximum atomic E-state index is 12.9. The highest BCUT2D eigenvalue weighted by atomic mass is 16.5. The molecule has 4 aromatic rings. The predicted molar refractivity (Wildman–Crippen MR) is 136 cm³/mol. The van der Waals surface area contributed by atoms with Crippen LogP contribution in [0, 0.1) is 0 Å². The fourth-order valence-electron chi connectivity index (χ4n) is 3.64. The molecule has 0 aliphatic rings. The Hall–Kier alpha value is -4.38. The van der Waals surface area contributed by atoms with Gasteiger partial charge in [-0.3, -0.25) is 9.59 Å². The monoisotopic (exact) mass is 450 g/mol. The van der Waals surface area contributed by atoms with Crippen LogP contribution in [0.3, 0.4) is 0 Å². The molecule has 34 heavy (non-hydrogen) atoms. The summed E-state index contributed by atoms with van der Waals surface area (Å²) in [6.07, 6.45) is 0.812. The number of ether oxygens (including phenoxy) is 1. The first-order valence-corrected chi connectivity index (χ1v) is 11.2. The number of aryl methyl sites for hydroxylation is 1. The van der Waals surface area contributed by atoms with Crippen LogP contribution in [0.5, 0.6) is 5.75 Å². The van der Waals surface area contributed by atoms with E-state index in [2.05, 4.69) is 10.6 Å². The van der Waals surface area contributed by atoms with Crippen molar-refractivity contribution in [2.24, 2.45) is 0 Å². The maximum absolute atomic E-state index is 12.9. The van der Waals surface area contributed by atoms with Crippen molar-refractivity contribution < 1.29 is 14.3 Å². The molecule has 5 heteroatoms. The van der Waals surface area contributed by atoms with Gasteiger partial charge in [0.2, 0.25) is 0 Å². The van der Waals surface area contributed by atoms with Crippen LogP contribution in [0.25, 0.3) is 11.1 Å². The lowest BCUT2D eigenvalue weighted by Gasteiger charge is -2.13. The van der Waals surface area contributed by atoms with E-state index in [0.717, 1.165) is 28.8 Å². The fraction of sp³-hybridized carbons (Fsp3) is 0.103. The average Bonchev–Trinajstić information content (AvgIpc) is 2.89. The molecular weight excluding hydrogens is 424 g/mol. The number of nitrogens with one attached hydrogen (secondary N) is 2. The Morgan fingerprint density at radius 1 is 0.706 bits per heavy atom. The van der Waals surface area contributed by atoms with Crippen molar-refractivity contribution in [1.29, 1.82) is 0 Å². The van der Waals surface area contributed by atoms with Gasteiger partial charge in [0.05, 0.1) is 5.56 Å². The summed E-state index contributed by atoms with van der Waals surface area (Å²) in [6, 6.07) is 32.2. The zero-order chi connectivity index (χ0) is 23.8. The molecule has 2 N–H and O–H groups in total. The fourth-order valence-corrected chi connectivity index (χ4v) is 3.64. The second-order valence-corrected chi connectivity index (χ2v) is 7.74. The molecule has 0 saturated carbocycles. The second-order valence-electron chi connectivity index (χ2n) is 7.74. The van der Waals surface area contributed by atoms with E-state index in [0.29, 0.717) is 17.0 Å². The van der Waals surface area contributed by atoms with E-state index in [1.54, 1.807) is 24.3 Å². The van der Waals surface area contributed by atoms with Gasteiger partial charge in [-0.05, 0) is 53.4 Å². The molecular formula is C29H26N2O3. The third-order valence-corrected chi connectivity index (χ3v) is 5.41. The van der Waals surface area contributed by atoms with Crippen molar-refractivity contribution in [1.82, 2.24) is 0 Å². The number of carbonyl (C=O) groups excluding carboxylic acids is 2. The predicted octanol–water partition coefficient (Wildman–Crippen LogP) is 6.19. The second kappa shape index (κ2) is 11.0. The van der Waals surface area contributed by atoms with Crippen LogP contribution in [0.1, 0.15) is 22.8 Å². The molecule has 2 amide bonds. The maximum Gasteiger partial charge on any atom is 0.262 e. The molecule has 0 aliphatic heterocycles. The van der Waals surface area contributed by atoms with Gasteiger partial charge in [0.15, 0.2) is 6.61 Å². The molecule has 0 spiro atoms. The Morgan fingerprint density at radius 3 is 2.12 bits per heavy atom. The van der Waals surface area contributed by atoms with E-state index < -0.39 is 0 Å². The number of hydrogen-bond donors (Lipinski definition) is 2. The van der Waals surface area contributed by atoms with Gasteiger partial charge in [0, 0.05) is 11.4 Å². The van der Waals surface area contributed by atoms with Gasteiger partial charge in [-0.25, -0.2) is 0 Å². The molecule has 0 fully saturated rings. The van der Waals surface area contributed by atoms with Crippen LogP contribution in [-0.4, -0.2) is 18.4 Å². The first-order chi connectivity index (χ1) is 16.6. The Morgan fingerprint density at radius 2 is 1.35 bits per heavy atom. The molecule has 0 radical (unpaired) electrons. The lowest BCUT2D eigenvalue weighted by atomic mass is 10.1. The normalized spacial score (nSPS) is 10.4. The quantitative estimate of drug-likeness (QED) is 0.337. The van der Waals surface area contributed by atoms with Crippen LogP contribution in [0.15, 0.2) is 103 Å². The first-order valence-electron chi connectivity index (χ1n) is 11.2. The Bertz CT molecular complexity index is 1270. The molecule has 0 heterocycles. The summed E-state index contributed by atoms with van der Waals surface area (Å²) in [5.74, 6) is -0.243. The van der Waals surface area contributed by atoms with E-state index in [9.17, 15) is 9.59 Å². The summed E-state index contributed by atoms with van der Waals surface area (Å²) < 4.78 is 5.71. The smallest absolute Gasteiger partial charge is 0.262 e. The zero-order valence-electron chi connectivity index (χ0n) is 19.0. The van der Waals surface area contributed by atoms with Crippen LogP contribution < -0.4 is 15.4 Å². The number of anilines is 2.